The standard InChI is InChI=1S/C23H16NO3/c25-24(26)20-13-10-17(11-14-20)12-15-23-21(18-6-2-1-3-7-18)16-19-8-4-5-9-22(19)27-23/h1-16H/q+1. The first-order valence-electron chi connectivity index (χ1n) is 8.54. The van der Waals surface area contributed by atoms with Crippen LogP contribution in [0, 0.1) is 10.1 Å². The van der Waals surface area contributed by atoms with E-state index >= 15 is 0 Å². The van der Waals surface area contributed by atoms with Gasteiger partial charge in [0.15, 0.2) is 0 Å². The Balaban J connectivity index is 1.78. The van der Waals surface area contributed by atoms with Gasteiger partial charge >= 0.3 is 11.3 Å². The third-order valence-electron chi connectivity index (χ3n) is 4.32. The second kappa shape index (κ2) is 7.22. The number of hydrogen-bond donors (Lipinski definition) is 0. The van der Waals surface area contributed by atoms with Crippen molar-refractivity contribution in [2.45, 2.75) is 0 Å². The molecule has 0 unspecified atom stereocenters. The molecule has 4 aromatic rings. The Labute approximate surface area is 156 Å². The Kier molecular flexibility index (Phi) is 4.45. The molecule has 0 atom stereocenters. The second-order valence-electron chi connectivity index (χ2n) is 6.11. The number of para-hydroxylation sites is 1. The number of nitrogens with zero attached hydrogens (tertiary/aromatic N) is 1. The normalized spacial score (nSPS) is 11.1. The zero-order valence-corrected chi connectivity index (χ0v) is 14.4. The van der Waals surface area contributed by atoms with Gasteiger partial charge in [-0.1, -0.05) is 42.5 Å². The Morgan fingerprint density at radius 2 is 1.52 bits per heavy atom. The van der Waals surface area contributed by atoms with Gasteiger partial charge in [0.05, 0.1) is 15.9 Å². The first-order valence-corrected chi connectivity index (χ1v) is 8.54. The molecule has 3 aromatic carbocycles. The highest BCUT2D eigenvalue weighted by atomic mass is 16.6. The average Bonchev–Trinajstić information content (AvgIpc) is 2.72. The van der Waals surface area contributed by atoms with Gasteiger partial charge in [0.1, 0.15) is 0 Å². The Morgan fingerprint density at radius 1 is 0.815 bits per heavy atom. The summed E-state index contributed by atoms with van der Waals surface area (Å²) in [4.78, 5) is 10.4. The Morgan fingerprint density at radius 3 is 2.26 bits per heavy atom. The lowest BCUT2D eigenvalue weighted by Gasteiger charge is -2.00. The molecule has 0 aliphatic heterocycles. The molecule has 1 aromatic heterocycles. The van der Waals surface area contributed by atoms with Crippen molar-refractivity contribution in [3.05, 3.63) is 106 Å². The van der Waals surface area contributed by atoms with Crippen molar-refractivity contribution in [1.82, 2.24) is 0 Å². The summed E-state index contributed by atoms with van der Waals surface area (Å²) in [5, 5.41) is 11.8. The van der Waals surface area contributed by atoms with Crippen molar-refractivity contribution in [2.24, 2.45) is 0 Å². The van der Waals surface area contributed by atoms with Crippen LogP contribution in [0.4, 0.5) is 5.69 Å². The van der Waals surface area contributed by atoms with Crippen molar-refractivity contribution in [1.29, 1.82) is 0 Å². The summed E-state index contributed by atoms with van der Waals surface area (Å²) in [5.74, 6) is 0.734. The molecular formula is C23H16NO3+. The topological polar surface area (TPSA) is 54.4 Å². The molecule has 0 fully saturated rings. The van der Waals surface area contributed by atoms with Crippen LogP contribution in [-0.2, 0) is 0 Å². The van der Waals surface area contributed by atoms with Gasteiger partial charge in [0.2, 0.25) is 0 Å². The predicted octanol–water partition coefficient (Wildman–Crippen LogP) is 6.46. The van der Waals surface area contributed by atoms with Gasteiger partial charge in [0.25, 0.3) is 5.69 Å². The number of non-ortho nitro benzene ring substituents is 1. The van der Waals surface area contributed by atoms with Crippen LogP contribution in [0.15, 0.2) is 89.3 Å². The zero-order valence-electron chi connectivity index (χ0n) is 14.4. The van der Waals surface area contributed by atoms with E-state index in [2.05, 4.69) is 6.07 Å². The molecule has 4 nitrogen and oxygen atoms in total. The Hall–Kier alpha value is -3.79. The number of fused-ring (bicyclic) bond motifs is 1. The van der Waals surface area contributed by atoms with Crippen LogP contribution in [0.2, 0.25) is 0 Å². The smallest absolute Gasteiger partial charge is 0.258 e. The van der Waals surface area contributed by atoms with Crippen LogP contribution >= 0.6 is 0 Å². The SMILES string of the molecule is O=[N+]([O-])c1ccc(C=Cc2[o+]c3ccccc3cc2-c2ccccc2)cc1. The van der Waals surface area contributed by atoms with Gasteiger partial charge in [-0.25, -0.2) is 4.42 Å². The van der Waals surface area contributed by atoms with E-state index in [0.29, 0.717) is 0 Å². The number of hydrogen-bond acceptors (Lipinski definition) is 2. The summed E-state index contributed by atoms with van der Waals surface area (Å²) in [5.41, 5.74) is 3.80. The van der Waals surface area contributed by atoms with Crippen LogP contribution in [0.5, 0.6) is 0 Å². The molecule has 0 saturated heterocycles. The summed E-state index contributed by atoms with van der Waals surface area (Å²) >= 11 is 0. The van der Waals surface area contributed by atoms with Crippen molar-refractivity contribution < 1.29 is 9.34 Å². The van der Waals surface area contributed by atoms with Gasteiger partial charge in [-0.15, -0.1) is 0 Å². The molecule has 0 aliphatic carbocycles. The minimum absolute atomic E-state index is 0.0764. The molecule has 27 heavy (non-hydrogen) atoms. The van der Waals surface area contributed by atoms with E-state index in [1.807, 2.05) is 66.7 Å². The molecule has 0 bridgehead atoms. The minimum Gasteiger partial charge on any atom is -0.258 e. The third-order valence-corrected chi connectivity index (χ3v) is 4.32. The quantitative estimate of drug-likeness (QED) is 0.240. The summed E-state index contributed by atoms with van der Waals surface area (Å²) in [6, 6.07) is 26.5. The fourth-order valence-corrected chi connectivity index (χ4v) is 2.94. The maximum absolute atomic E-state index is 10.8. The number of rotatable bonds is 4. The second-order valence-corrected chi connectivity index (χ2v) is 6.11. The fourth-order valence-electron chi connectivity index (χ4n) is 2.94. The van der Waals surface area contributed by atoms with E-state index in [-0.39, 0.29) is 5.69 Å². The predicted molar refractivity (Wildman–Crippen MR) is 108 cm³/mol. The van der Waals surface area contributed by atoms with Gasteiger partial charge in [-0.2, -0.15) is 0 Å². The summed E-state index contributed by atoms with van der Waals surface area (Å²) < 4.78 is 6.14. The maximum Gasteiger partial charge on any atom is 0.361 e. The third kappa shape index (κ3) is 3.60. The van der Waals surface area contributed by atoms with E-state index in [9.17, 15) is 10.1 Å². The van der Waals surface area contributed by atoms with Gasteiger partial charge in [-0.3, -0.25) is 10.1 Å². The molecule has 4 heteroatoms. The highest BCUT2D eigenvalue weighted by molar-refractivity contribution is 5.87. The van der Waals surface area contributed by atoms with Crippen molar-refractivity contribution in [2.75, 3.05) is 0 Å². The molecule has 0 saturated carbocycles. The molecule has 0 aliphatic rings. The minimum atomic E-state index is -0.403. The summed E-state index contributed by atoms with van der Waals surface area (Å²) in [6.45, 7) is 0. The molecule has 0 N–H and O–H groups in total. The van der Waals surface area contributed by atoms with Gasteiger partial charge < -0.3 is 0 Å². The van der Waals surface area contributed by atoms with Crippen LogP contribution in [0.25, 0.3) is 34.2 Å². The fraction of sp³-hybridized carbons (Fsp3) is 0. The van der Waals surface area contributed by atoms with Gasteiger partial charge in [0, 0.05) is 24.3 Å². The highest BCUT2D eigenvalue weighted by Gasteiger charge is 2.18. The summed E-state index contributed by atoms with van der Waals surface area (Å²) in [6.07, 6.45) is 3.79. The van der Waals surface area contributed by atoms with Crippen LogP contribution < -0.4 is 0 Å². The average molecular weight is 354 g/mol. The van der Waals surface area contributed by atoms with E-state index in [0.717, 1.165) is 33.4 Å². The number of nitro benzene ring substituents is 1. The molecule has 4 rings (SSSR count). The molecule has 0 radical (unpaired) electrons. The first kappa shape index (κ1) is 16.7. The summed E-state index contributed by atoms with van der Waals surface area (Å²) in [7, 11) is 0. The van der Waals surface area contributed by atoms with E-state index in [1.165, 1.54) is 12.1 Å². The van der Waals surface area contributed by atoms with E-state index in [4.69, 9.17) is 4.42 Å². The van der Waals surface area contributed by atoms with Crippen LogP contribution in [-0.4, -0.2) is 4.92 Å². The lowest BCUT2D eigenvalue weighted by molar-refractivity contribution is -0.384. The largest absolute Gasteiger partial charge is 0.361 e. The molecule has 130 valence electrons. The first-order chi connectivity index (χ1) is 13.2. The van der Waals surface area contributed by atoms with Gasteiger partial charge in [-0.05, 0) is 41.5 Å². The molecular weight excluding hydrogens is 338 g/mol. The van der Waals surface area contributed by atoms with Crippen LogP contribution in [0.1, 0.15) is 11.3 Å². The number of nitro groups is 1. The molecule has 1 heterocycles. The molecule has 0 spiro atoms. The number of benzene rings is 3. The molecule has 0 amide bonds. The highest BCUT2D eigenvalue weighted by Crippen LogP contribution is 2.30. The monoisotopic (exact) mass is 354 g/mol. The van der Waals surface area contributed by atoms with Crippen LogP contribution in [0.3, 0.4) is 0 Å². The maximum atomic E-state index is 10.8. The van der Waals surface area contributed by atoms with Crippen molar-refractivity contribution in [3.63, 3.8) is 0 Å². The van der Waals surface area contributed by atoms with E-state index in [1.54, 1.807) is 12.1 Å². The van der Waals surface area contributed by atoms with Crippen molar-refractivity contribution >= 4 is 28.8 Å². The lowest BCUT2D eigenvalue weighted by atomic mass is 10.0. The zero-order chi connectivity index (χ0) is 18.6. The van der Waals surface area contributed by atoms with Crippen molar-refractivity contribution in [3.8, 4) is 11.1 Å². The van der Waals surface area contributed by atoms with E-state index < -0.39 is 4.92 Å². The Bertz CT molecular complexity index is 1130. The lowest BCUT2D eigenvalue weighted by Crippen LogP contribution is -1.87.